The molecule has 0 amide bonds. The van der Waals surface area contributed by atoms with Gasteiger partial charge in [-0.05, 0) is 75.5 Å². The van der Waals surface area contributed by atoms with Gasteiger partial charge < -0.3 is 14.6 Å². The van der Waals surface area contributed by atoms with Crippen LogP contribution in [0.15, 0.2) is 0 Å². The summed E-state index contributed by atoms with van der Waals surface area (Å²) in [6, 6.07) is 0. The molecule has 4 fully saturated rings. The summed E-state index contributed by atoms with van der Waals surface area (Å²) in [6.45, 7) is 14.3. The second-order valence-electron chi connectivity index (χ2n) is 11.1. The second kappa shape index (κ2) is 7.02. The van der Waals surface area contributed by atoms with E-state index in [0.717, 1.165) is 17.8 Å². The number of hydrogen-bond acceptors (Lipinski definition) is 4. The van der Waals surface area contributed by atoms with Gasteiger partial charge in [0, 0.05) is 10.8 Å². The van der Waals surface area contributed by atoms with Crippen LogP contribution < -0.4 is 0 Å². The number of carbonyl (C=O) groups is 1. The van der Waals surface area contributed by atoms with Crippen molar-refractivity contribution in [3.63, 3.8) is 0 Å². The third kappa shape index (κ3) is 3.46. The highest BCUT2D eigenvalue weighted by Gasteiger charge is 2.62. The molecule has 0 radical (unpaired) electrons. The lowest BCUT2D eigenvalue weighted by Crippen LogP contribution is -2.50. The number of hydrogen-bond donors (Lipinski definition) is 1. The van der Waals surface area contributed by atoms with E-state index in [-0.39, 0.29) is 29.8 Å². The van der Waals surface area contributed by atoms with E-state index in [1.54, 1.807) is 0 Å². The summed E-state index contributed by atoms with van der Waals surface area (Å²) in [7, 11) is 0. The zero-order chi connectivity index (χ0) is 20.2. The Morgan fingerprint density at radius 2 is 1.56 bits per heavy atom. The fraction of sp³-hybridized carbons (Fsp3) is 0.957. The molecule has 4 heteroatoms. The molecule has 1 N–H and O–H groups in total. The fourth-order valence-electron chi connectivity index (χ4n) is 6.53. The summed E-state index contributed by atoms with van der Waals surface area (Å²) in [4.78, 5) is 12.6. The quantitative estimate of drug-likeness (QED) is 0.486. The molecule has 4 aliphatic carbocycles. The van der Waals surface area contributed by atoms with Gasteiger partial charge in [-0.2, -0.15) is 0 Å². The van der Waals surface area contributed by atoms with E-state index >= 15 is 0 Å². The first kappa shape index (κ1) is 21.1. The van der Waals surface area contributed by atoms with Gasteiger partial charge >= 0.3 is 5.97 Å². The molecule has 4 aliphatic rings. The topological polar surface area (TPSA) is 55.8 Å². The maximum atomic E-state index is 12.6. The molecule has 0 aromatic heterocycles. The van der Waals surface area contributed by atoms with Gasteiger partial charge in [0.05, 0.1) is 0 Å². The molecule has 4 saturated carbocycles. The highest BCUT2D eigenvalue weighted by Crippen LogP contribution is 2.68. The largest absolute Gasteiger partial charge is 0.457 e. The molecule has 0 aliphatic heterocycles. The van der Waals surface area contributed by atoms with Crippen LogP contribution in [0.4, 0.5) is 0 Å². The molecular weight excluding hydrogens is 340 g/mol. The van der Waals surface area contributed by atoms with Crippen molar-refractivity contribution in [2.75, 3.05) is 6.61 Å². The Kier molecular flexibility index (Phi) is 5.49. The van der Waals surface area contributed by atoms with Crippen molar-refractivity contribution in [2.24, 2.45) is 40.4 Å². The van der Waals surface area contributed by atoms with Gasteiger partial charge in [-0.3, -0.25) is 0 Å². The maximum Gasteiger partial charge on any atom is 0.332 e. The lowest BCUT2D eigenvalue weighted by Gasteiger charge is -2.49. The third-order valence-corrected chi connectivity index (χ3v) is 8.95. The van der Waals surface area contributed by atoms with Gasteiger partial charge in [0.15, 0.2) is 6.29 Å². The van der Waals surface area contributed by atoms with Crippen molar-refractivity contribution in [3.8, 4) is 0 Å². The first-order valence-electron chi connectivity index (χ1n) is 10.9. The standard InChI is InChI=1S/C23H40O4/c1-14(2)22(7,15(3)4)20(25)26-13-19(24)27-21(5,6)23-10-16-8-17(11-23)18(9-16)12-23/h14-18,20,25H,8-13H2,1-7H3/t16?,17?,18?,20-,23?/m1/s1. The zero-order valence-electron chi connectivity index (χ0n) is 18.4. The molecule has 0 heterocycles. The number of aliphatic hydroxyl groups excluding tert-OH is 1. The van der Waals surface area contributed by atoms with Gasteiger partial charge in [0.1, 0.15) is 12.2 Å². The number of ether oxygens (including phenoxy) is 2. The first-order valence-corrected chi connectivity index (χ1v) is 10.9. The van der Waals surface area contributed by atoms with Crippen LogP contribution in [0.3, 0.4) is 0 Å². The number of carbonyl (C=O) groups excluding carboxylic acids is 1. The minimum atomic E-state index is -0.982. The van der Waals surface area contributed by atoms with Crippen molar-refractivity contribution in [2.45, 2.75) is 92.5 Å². The summed E-state index contributed by atoms with van der Waals surface area (Å²) in [5.41, 5.74) is -0.732. The van der Waals surface area contributed by atoms with Gasteiger partial charge in [0.2, 0.25) is 0 Å². The Labute approximate surface area is 165 Å². The Bertz CT molecular complexity index is 537. The Morgan fingerprint density at radius 1 is 1.04 bits per heavy atom. The number of rotatable bonds is 8. The minimum absolute atomic E-state index is 0.141. The van der Waals surface area contributed by atoms with E-state index in [2.05, 4.69) is 41.5 Å². The molecular formula is C23H40O4. The van der Waals surface area contributed by atoms with Crippen molar-refractivity contribution in [3.05, 3.63) is 0 Å². The Morgan fingerprint density at radius 3 is 2.00 bits per heavy atom. The molecule has 4 rings (SSSR count). The monoisotopic (exact) mass is 380 g/mol. The zero-order valence-corrected chi connectivity index (χ0v) is 18.4. The highest BCUT2D eigenvalue weighted by atomic mass is 16.6. The van der Waals surface area contributed by atoms with Gasteiger partial charge in [0.25, 0.3) is 0 Å². The lowest BCUT2D eigenvalue weighted by atomic mass is 9.61. The van der Waals surface area contributed by atoms with Gasteiger partial charge in [-0.1, -0.05) is 34.6 Å². The average molecular weight is 381 g/mol. The third-order valence-electron chi connectivity index (χ3n) is 8.95. The van der Waals surface area contributed by atoms with E-state index < -0.39 is 17.3 Å². The van der Waals surface area contributed by atoms with E-state index in [1.165, 1.54) is 32.1 Å². The smallest absolute Gasteiger partial charge is 0.332 e. The fourth-order valence-corrected chi connectivity index (χ4v) is 6.53. The van der Waals surface area contributed by atoms with Crippen LogP contribution in [-0.2, 0) is 14.3 Å². The van der Waals surface area contributed by atoms with Crippen LogP contribution in [0.1, 0.15) is 80.6 Å². The molecule has 27 heavy (non-hydrogen) atoms. The average Bonchev–Trinajstić information content (AvgIpc) is 2.98. The maximum absolute atomic E-state index is 12.6. The van der Waals surface area contributed by atoms with Crippen molar-refractivity contribution in [1.82, 2.24) is 0 Å². The van der Waals surface area contributed by atoms with Crippen LogP contribution in [0.5, 0.6) is 0 Å². The van der Waals surface area contributed by atoms with Crippen molar-refractivity contribution in [1.29, 1.82) is 0 Å². The molecule has 4 bridgehead atoms. The van der Waals surface area contributed by atoms with E-state index in [1.807, 2.05) is 6.92 Å². The minimum Gasteiger partial charge on any atom is -0.457 e. The molecule has 3 atom stereocenters. The molecule has 0 aromatic carbocycles. The van der Waals surface area contributed by atoms with Crippen LogP contribution in [0.25, 0.3) is 0 Å². The van der Waals surface area contributed by atoms with Crippen LogP contribution in [-0.4, -0.2) is 29.6 Å². The molecule has 2 unspecified atom stereocenters. The summed E-state index contributed by atoms with van der Waals surface area (Å²) < 4.78 is 11.6. The SMILES string of the molecule is CC(C)C(C)(C(C)C)[C@H](O)OCC(=O)OC(C)(C)C12CC3CC(C1)C(C3)C2. The molecule has 0 saturated heterocycles. The van der Waals surface area contributed by atoms with Crippen LogP contribution >= 0.6 is 0 Å². The molecule has 0 spiro atoms. The van der Waals surface area contributed by atoms with Crippen LogP contribution in [0, 0.1) is 40.4 Å². The van der Waals surface area contributed by atoms with Crippen LogP contribution in [0.2, 0.25) is 0 Å². The number of aliphatic hydroxyl groups is 1. The summed E-state index contributed by atoms with van der Waals surface area (Å²) in [6.07, 6.45) is 5.39. The number of esters is 1. The summed E-state index contributed by atoms with van der Waals surface area (Å²) >= 11 is 0. The molecule has 0 aromatic rings. The molecule has 4 nitrogen and oxygen atoms in total. The Balaban J connectivity index is 1.58. The molecule has 156 valence electrons. The first-order chi connectivity index (χ1) is 12.4. The lowest BCUT2D eigenvalue weighted by molar-refractivity contribution is -0.217. The highest BCUT2D eigenvalue weighted by molar-refractivity contribution is 5.71. The van der Waals surface area contributed by atoms with Crippen molar-refractivity contribution < 1.29 is 19.4 Å². The van der Waals surface area contributed by atoms with E-state index in [0.29, 0.717) is 0 Å². The predicted molar refractivity (Wildman–Crippen MR) is 106 cm³/mol. The van der Waals surface area contributed by atoms with E-state index in [4.69, 9.17) is 9.47 Å². The second-order valence-corrected chi connectivity index (χ2v) is 11.1. The van der Waals surface area contributed by atoms with Crippen molar-refractivity contribution >= 4 is 5.97 Å². The normalized spacial score (nSPS) is 33.9. The predicted octanol–water partition coefficient (Wildman–Crippen LogP) is 4.79. The Hall–Kier alpha value is -0.610. The van der Waals surface area contributed by atoms with E-state index in [9.17, 15) is 9.90 Å². The summed E-state index contributed by atoms with van der Waals surface area (Å²) in [5, 5.41) is 10.6. The van der Waals surface area contributed by atoms with Gasteiger partial charge in [-0.25, -0.2) is 4.79 Å². The summed E-state index contributed by atoms with van der Waals surface area (Å²) in [5.74, 6) is 2.64. The van der Waals surface area contributed by atoms with Gasteiger partial charge in [-0.15, -0.1) is 0 Å².